The van der Waals surface area contributed by atoms with Crippen molar-refractivity contribution in [2.45, 2.75) is 51.3 Å². The van der Waals surface area contributed by atoms with E-state index in [1.54, 1.807) is 48.9 Å². The molecule has 194 valence electrons. The van der Waals surface area contributed by atoms with Gasteiger partial charge in [-0.3, -0.25) is 4.98 Å². The second-order valence-electron chi connectivity index (χ2n) is 9.16. The Balaban J connectivity index is 1.44. The average Bonchev–Trinajstić information content (AvgIpc) is 3.30. The van der Waals surface area contributed by atoms with E-state index in [2.05, 4.69) is 20.6 Å². The molecule has 0 atom stereocenters. The van der Waals surface area contributed by atoms with E-state index in [0.717, 1.165) is 43.3 Å². The van der Waals surface area contributed by atoms with Gasteiger partial charge in [0.15, 0.2) is 17.0 Å². The van der Waals surface area contributed by atoms with Gasteiger partial charge in [0.05, 0.1) is 36.3 Å². The smallest absolute Gasteiger partial charge is 0.236 e. The van der Waals surface area contributed by atoms with E-state index < -0.39 is 10.0 Å². The van der Waals surface area contributed by atoms with Crippen LogP contribution in [0.3, 0.4) is 0 Å². The van der Waals surface area contributed by atoms with Crippen LogP contribution in [0, 0.1) is 0 Å². The molecule has 12 heteroatoms. The van der Waals surface area contributed by atoms with Gasteiger partial charge >= 0.3 is 0 Å². The van der Waals surface area contributed by atoms with E-state index in [1.807, 2.05) is 11.5 Å². The maximum Gasteiger partial charge on any atom is 0.236 e. The van der Waals surface area contributed by atoms with Crippen molar-refractivity contribution in [2.75, 3.05) is 21.2 Å². The Labute approximate surface area is 215 Å². The van der Waals surface area contributed by atoms with Crippen molar-refractivity contribution in [3.05, 3.63) is 55.1 Å². The van der Waals surface area contributed by atoms with Crippen molar-refractivity contribution in [3.8, 4) is 0 Å². The maximum atomic E-state index is 12.5. The first kappa shape index (κ1) is 24.9. The first-order valence-corrected chi connectivity index (χ1v) is 14.1. The third kappa shape index (κ3) is 5.49. The molecule has 37 heavy (non-hydrogen) atoms. The van der Waals surface area contributed by atoms with Gasteiger partial charge in [-0.25, -0.2) is 17.7 Å². The first-order valence-electron chi connectivity index (χ1n) is 12.3. The maximum absolute atomic E-state index is 12.5. The Hall–Kier alpha value is -3.77. The number of sulfonamides is 1. The molecule has 4 aromatic rings. The molecule has 1 saturated carbocycles. The number of aliphatic hydroxyl groups excluding tert-OH is 1. The largest absolute Gasteiger partial charge is 0.393 e. The van der Waals surface area contributed by atoms with Crippen molar-refractivity contribution in [2.24, 2.45) is 0 Å². The normalized spacial score (nSPS) is 18.0. The molecule has 3 aromatic heterocycles. The number of hydrogen-bond acceptors (Lipinski definition) is 9. The molecule has 1 aliphatic carbocycles. The summed E-state index contributed by atoms with van der Waals surface area (Å²) in [5.41, 5.74) is 3.03. The number of fused-ring (bicyclic) bond motifs is 1. The monoisotopic (exact) mass is 522 g/mol. The summed E-state index contributed by atoms with van der Waals surface area (Å²) in [5.74, 6) is 1.05. The molecular weight excluding hydrogens is 492 g/mol. The fourth-order valence-corrected chi connectivity index (χ4v) is 5.55. The number of rotatable bonds is 8. The molecule has 0 spiro atoms. The summed E-state index contributed by atoms with van der Waals surface area (Å²) in [7, 11) is -3.58. The predicted octanol–water partition coefficient (Wildman–Crippen LogP) is 3.80. The molecule has 0 bridgehead atoms. The van der Waals surface area contributed by atoms with Crippen molar-refractivity contribution < 1.29 is 13.5 Å². The van der Waals surface area contributed by atoms with E-state index in [4.69, 9.17) is 9.97 Å². The zero-order valence-electron chi connectivity index (χ0n) is 20.7. The predicted molar refractivity (Wildman–Crippen MR) is 144 cm³/mol. The van der Waals surface area contributed by atoms with Gasteiger partial charge in [0.25, 0.3) is 0 Å². The van der Waals surface area contributed by atoms with Gasteiger partial charge in [0.1, 0.15) is 0 Å². The van der Waals surface area contributed by atoms with Crippen molar-refractivity contribution in [3.63, 3.8) is 0 Å². The van der Waals surface area contributed by atoms with Crippen LogP contribution in [-0.2, 0) is 16.6 Å². The average molecular weight is 523 g/mol. The molecule has 0 saturated heterocycles. The number of nitrogens with one attached hydrogen (secondary N) is 2. The van der Waals surface area contributed by atoms with Gasteiger partial charge < -0.3 is 20.3 Å². The van der Waals surface area contributed by atoms with Gasteiger partial charge in [-0.05, 0) is 69.0 Å². The molecule has 11 nitrogen and oxygen atoms in total. The van der Waals surface area contributed by atoms with Crippen LogP contribution in [-0.4, -0.2) is 56.4 Å². The van der Waals surface area contributed by atoms with Crippen molar-refractivity contribution >= 4 is 50.0 Å². The molecule has 1 fully saturated rings. The second kappa shape index (κ2) is 10.3. The molecule has 1 aromatic carbocycles. The summed E-state index contributed by atoms with van der Waals surface area (Å²) in [4.78, 5) is 18.0. The van der Waals surface area contributed by atoms with Crippen LogP contribution in [0.1, 0.15) is 32.6 Å². The lowest BCUT2D eigenvalue weighted by Gasteiger charge is -2.26. The zero-order chi connectivity index (χ0) is 26.0. The highest BCUT2D eigenvalue weighted by Gasteiger charge is 2.22. The lowest BCUT2D eigenvalue weighted by molar-refractivity contribution is 0.126. The second-order valence-corrected chi connectivity index (χ2v) is 11.0. The number of benzene rings is 1. The Morgan fingerprint density at radius 1 is 1.08 bits per heavy atom. The van der Waals surface area contributed by atoms with Gasteiger partial charge in [-0.1, -0.05) is 0 Å². The quantitative estimate of drug-likeness (QED) is 0.315. The molecular formula is C25H30N8O3S. The van der Waals surface area contributed by atoms with Crippen LogP contribution < -0.4 is 14.9 Å². The fourth-order valence-electron chi connectivity index (χ4n) is 4.55. The summed E-state index contributed by atoms with van der Waals surface area (Å²) in [6, 6.07) is 10.6. The molecule has 0 unspecified atom stereocenters. The Morgan fingerprint density at radius 3 is 2.49 bits per heavy atom. The lowest BCUT2D eigenvalue weighted by atomic mass is 9.93. The Kier molecular flexibility index (Phi) is 6.94. The van der Waals surface area contributed by atoms with E-state index in [0.29, 0.717) is 35.2 Å². The lowest BCUT2D eigenvalue weighted by Crippen LogP contribution is -2.29. The van der Waals surface area contributed by atoms with E-state index >= 15 is 0 Å². The summed E-state index contributed by atoms with van der Waals surface area (Å²) >= 11 is 0. The first-order chi connectivity index (χ1) is 17.8. The molecule has 3 heterocycles. The van der Waals surface area contributed by atoms with Crippen LogP contribution in [0.25, 0.3) is 11.2 Å². The minimum absolute atomic E-state index is 0.195. The summed E-state index contributed by atoms with van der Waals surface area (Å²) in [6.07, 6.45) is 9.00. The number of hydrogen-bond donors (Lipinski definition) is 3. The SMILES string of the molecule is CCn1cnc2c(Nc3ccc(N(c4cccnc4)S(C)(=O)=O)cc3)nc(N[C@H]3CC[C@H](O)CC3)nc21. The summed E-state index contributed by atoms with van der Waals surface area (Å²) < 4.78 is 28.3. The van der Waals surface area contributed by atoms with Crippen molar-refractivity contribution in [1.82, 2.24) is 24.5 Å². The standard InChI is InChI=1S/C25H30N8O3S/c1-3-32-16-27-22-23(30-25(31-24(22)32)29-18-8-12-21(34)13-9-18)28-17-6-10-19(11-7-17)33(37(2,35)36)20-5-4-14-26-15-20/h4-7,10-11,14-16,18,21,34H,3,8-9,12-13H2,1-2H3,(H2,28,29,30,31)/t18-,21-. The number of aromatic nitrogens is 5. The number of pyridine rings is 1. The summed E-state index contributed by atoms with van der Waals surface area (Å²) in [5, 5.41) is 16.6. The fraction of sp³-hybridized carbons (Fsp3) is 0.360. The van der Waals surface area contributed by atoms with Gasteiger partial charge in [-0.2, -0.15) is 9.97 Å². The summed E-state index contributed by atoms with van der Waals surface area (Å²) in [6.45, 7) is 2.74. The third-order valence-corrected chi connectivity index (χ3v) is 7.50. The minimum Gasteiger partial charge on any atom is -0.393 e. The Bertz CT molecular complexity index is 1470. The van der Waals surface area contributed by atoms with E-state index in [9.17, 15) is 13.5 Å². The topological polar surface area (TPSA) is 138 Å². The molecule has 3 N–H and O–H groups in total. The van der Waals surface area contributed by atoms with Crippen LogP contribution in [0.4, 0.5) is 28.8 Å². The highest BCUT2D eigenvalue weighted by atomic mass is 32.2. The number of nitrogens with zero attached hydrogens (tertiary/aromatic N) is 6. The van der Waals surface area contributed by atoms with Crippen molar-refractivity contribution in [1.29, 1.82) is 0 Å². The van der Waals surface area contributed by atoms with Gasteiger partial charge in [-0.15, -0.1) is 0 Å². The van der Waals surface area contributed by atoms with Gasteiger partial charge in [0.2, 0.25) is 16.0 Å². The van der Waals surface area contributed by atoms with Gasteiger partial charge in [0, 0.05) is 24.5 Å². The highest BCUT2D eigenvalue weighted by Crippen LogP contribution is 2.31. The number of aryl methyl sites for hydroxylation is 1. The molecule has 1 aliphatic rings. The zero-order valence-corrected chi connectivity index (χ0v) is 21.6. The van der Waals surface area contributed by atoms with E-state index in [-0.39, 0.29) is 12.1 Å². The van der Waals surface area contributed by atoms with Crippen LogP contribution >= 0.6 is 0 Å². The number of aliphatic hydroxyl groups is 1. The molecule has 0 amide bonds. The van der Waals surface area contributed by atoms with Crippen LogP contribution in [0.2, 0.25) is 0 Å². The third-order valence-electron chi connectivity index (χ3n) is 6.41. The molecule has 0 aliphatic heterocycles. The molecule has 0 radical (unpaired) electrons. The van der Waals surface area contributed by atoms with Crippen LogP contribution in [0.5, 0.6) is 0 Å². The highest BCUT2D eigenvalue weighted by molar-refractivity contribution is 7.92. The Morgan fingerprint density at radius 2 is 1.84 bits per heavy atom. The van der Waals surface area contributed by atoms with Crippen LogP contribution in [0.15, 0.2) is 55.1 Å². The van der Waals surface area contributed by atoms with E-state index in [1.165, 1.54) is 10.5 Å². The molecule has 5 rings (SSSR count). The minimum atomic E-state index is -3.58. The number of anilines is 5. The number of imidazole rings is 1.